The van der Waals surface area contributed by atoms with Crippen LogP contribution in [0.25, 0.3) is 64.8 Å². The molecule has 0 aromatic carbocycles. The van der Waals surface area contributed by atoms with Gasteiger partial charge in [-0.3, -0.25) is 25.1 Å². The molecule has 7 heterocycles. The van der Waals surface area contributed by atoms with Gasteiger partial charge >= 0.3 is 0 Å². The summed E-state index contributed by atoms with van der Waals surface area (Å²) in [5.74, 6) is 0. The minimum Gasteiger partial charge on any atom is -0.329 e. The molecule has 8 nitrogen and oxygen atoms in total. The van der Waals surface area contributed by atoms with E-state index in [9.17, 15) is 0 Å². The zero-order valence-corrected chi connectivity index (χ0v) is 18.7. The van der Waals surface area contributed by atoms with E-state index < -0.39 is 0 Å². The van der Waals surface area contributed by atoms with Gasteiger partial charge in [-0.25, -0.2) is 9.97 Å². The van der Waals surface area contributed by atoms with Crippen LogP contribution in [-0.4, -0.2) is 39.7 Å². The van der Waals surface area contributed by atoms with Crippen LogP contribution in [0.15, 0.2) is 55.2 Å². The molecule has 0 fully saturated rings. The molecule has 7 rings (SSSR count). The highest BCUT2D eigenvalue weighted by Crippen LogP contribution is 2.32. The fourth-order valence-electron chi connectivity index (χ4n) is 4.45. The highest BCUT2D eigenvalue weighted by Gasteiger charge is 2.15. The molecule has 5 aromatic rings. The Kier molecular flexibility index (Phi) is 3.74. The molecule has 33 heavy (non-hydrogen) atoms. The van der Waals surface area contributed by atoms with Crippen molar-refractivity contribution in [3.8, 4) is 11.3 Å². The van der Waals surface area contributed by atoms with Gasteiger partial charge in [0.25, 0.3) is 0 Å². The molecule has 2 aliphatic heterocycles. The molecule has 9 heteroatoms. The van der Waals surface area contributed by atoms with Gasteiger partial charge in [0.1, 0.15) is 16.7 Å². The van der Waals surface area contributed by atoms with E-state index in [1.807, 2.05) is 24.8 Å². The second-order valence-corrected chi connectivity index (χ2v) is 9.44. The normalized spacial score (nSPS) is 12.2. The van der Waals surface area contributed by atoms with Crippen LogP contribution in [0, 0.1) is 0 Å². The summed E-state index contributed by atoms with van der Waals surface area (Å²) in [6, 6.07) is 8.73. The van der Waals surface area contributed by atoms with Crippen molar-refractivity contribution in [2.45, 2.75) is 19.9 Å². The first-order chi connectivity index (χ1) is 16.2. The minimum absolute atomic E-state index is 0.241. The number of aromatic amines is 2. The van der Waals surface area contributed by atoms with Gasteiger partial charge in [-0.1, -0.05) is 0 Å². The van der Waals surface area contributed by atoms with Gasteiger partial charge in [0, 0.05) is 39.5 Å². The zero-order chi connectivity index (χ0) is 22.1. The molecule has 2 aliphatic rings. The fraction of sp³-hybridized carbons (Fsp3) is 0.125. The maximum Gasteiger partial charge on any atom is 0.179 e. The first kappa shape index (κ1) is 18.5. The number of aromatic nitrogens is 8. The number of hydrogen-bond acceptors (Lipinski definition) is 6. The Labute approximate surface area is 191 Å². The maximum absolute atomic E-state index is 4.93. The number of nitrogens with zero attached hydrogens (tertiary/aromatic N) is 6. The summed E-state index contributed by atoms with van der Waals surface area (Å²) < 4.78 is 3.40. The lowest BCUT2D eigenvalue weighted by Crippen LogP contribution is -2.01. The first-order valence-electron chi connectivity index (χ1n) is 10.7. The smallest absolute Gasteiger partial charge is 0.179 e. The highest BCUT2D eigenvalue weighted by molar-refractivity contribution is 7.23. The quantitative estimate of drug-likeness (QED) is 0.331. The molecule has 8 bridgehead atoms. The average molecular weight is 451 g/mol. The topological polar surface area (TPSA) is 101 Å². The highest BCUT2D eigenvalue weighted by atomic mass is 32.1. The van der Waals surface area contributed by atoms with E-state index in [1.54, 1.807) is 17.5 Å². The summed E-state index contributed by atoms with van der Waals surface area (Å²) in [4.78, 5) is 24.5. The third kappa shape index (κ3) is 2.72. The van der Waals surface area contributed by atoms with E-state index in [0.29, 0.717) is 5.65 Å². The number of imidazole rings is 1. The largest absolute Gasteiger partial charge is 0.329 e. The summed E-state index contributed by atoms with van der Waals surface area (Å²) in [5.41, 5.74) is 6.81. The average Bonchev–Trinajstić information content (AvgIpc) is 3.55. The lowest BCUT2D eigenvalue weighted by Gasteiger charge is -2.12. The van der Waals surface area contributed by atoms with Crippen molar-refractivity contribution < 1.29 is 0 Å². The molecule has 160 valence electrons. The number of H-pyrrole nitrogens is 2. The van der Waals surface area contributed by atoms with Crippen LogP contribution in [0.3, 0.4) is 0 Å². The third-order valence-corrected chi connectivity index (χ3v) is 7.09. The van der Waals surface area contributed by atoms with E-state index in [4.69, 9.17) is 9.97 Å². The first-order valence-corrected chi connectivity index (χ1v) is 11.5. The van der Waals surface area contributed by atoms with Crippen LogP contribution >= 0.6 is 11.3 Å². The summed E-state index contributed by atoms with van der Waals surface area (Å²) in [6.07, 6.45) is 9.24. The number of fused-ring (bicyclic) bond motifs is 9. The third-order valence-electron chi connectivity index (χ3n) is 5.97. The number of rotatable bonds is 1. The number of hydrogen-bond donors (Lipinski definition) is 2. The van der Waals surface area contributed by atoms with E-state index in [1.165, 1.54) is 0 Å². The molecule has 0 saturated carbocycles. The lowest BCUT2D eigenvalue weighted by atomic mass is 10.1. The van der Waals surface area contributed by atoms with Gasteiger partial charge in [0.15, 0.2) is 5.65 Å². The Balaban J connectivity index is 1.76. The van der Waals surface area contributed by atoms with Crippen molar-refractivity contribution in [1.82, 2.24) is 39.7 Å². The molecule has 0 atom stereocenters. The van der Waals surface area contributed by atoms with E-state index in [-0.39, 0.29) is 6.04 Å². The molecule has 0 amide bonds. The predicted molar refractivity (Wildman–Crippen MR) is 132 cm³/mol. The van der Waals surface area contributed by atoms with Crippen LogP contribution in [0.2, 0.25) is 0 Å². The molecule has 0 saturated heterocycles. The summed E-state index contributed by atoms with van der Waals surface area (Å²) in [6.45, 7) is 4.37. The van der Waals surface area contributed by atoms with Gasteiger partial charge in [-0.15, -0.1) is 11.3 Å². The van der Waals surface area contributed by atoms with Crippen molar-refractivity contribution in [3.05, 3.63) is 55.2 Å². The number of pyridine rings is 3. The minimum atomic E-state index is 0.241. The summed E-state index contributed by atoms with van der Waals surface area (Å²) in [7, 11) is 0. The van der Waals surface area contributed by atoms with Gasteiger partial charge in [-0.05, 0) is 38.1 Å². The van der Waals surface area contributed by atoms with Gasteiger partial charge < -0.3 is 4.57 Å². The van der Waals surface area contributed by atoms with E-state index in [0.717, 1.165) is 59.1 Å². The molecule has 2 N–H and O–H groups in total. The van der Waals surface area contributed by atoms with Crippen LogP contribution in [0.5, 0.6) is 0 Å². The fourth-order valence-corrected chi connectivity index (χ4v) is 5.63. The molecule has 0 aliphatic carbocycles. The second-order valence-electron chi connectivity index (χ2n) is 8.38. The molecule has 0 unspecified atom stereocenters. The van der Waals surface area contributed by atoms with E-state index in [2.05, 4.69) is 67.8 Å². The van der Waals surface area contributed by atoms with Gasteiger partial charge in [-0.2, -0.15) is 0 Å². The number of thiophene rings is 1. The van der Waals surface area contributed by atoms with Crippen LogP contribution in [0.4, 0.5) is 0 Å². The monoisotopic (exact) mass is 450 g/mol. The Hall–Kier alpha value is -4.11. The summed E-state index contributed by atoms with van der Waals surface area (Å²) in [5, 5.41) is 8.36. The SMILES string of the molecule is CC(C)n1c2cncc(c2)c2cc3c(cn2)[nH][nH]c-3c2nc3cncc(c4ccc1s4)c3n2. The standard InChI is InChI=1S/C24H18N8S/c1-12(2)32-14-5-13(7-25-8-14)17-6-15-18(11-27-17)30-31-23(15)24-28-19-10-26-9-16(22(19)29-24)20-3-4-21(32)33-20/h3-12,30-31H,1-2H3. The van der Waals surface area contributed by atoms with Crippen LogP contribution in [0.1, 0.15) is 19.9 Å². The predicted octanol–water partition coefficient (Wildman–Crippen LogP) is 5.76. The van der Waals surface area contributed by atoms with Gasteiger partial charge in [0.2, 0.25) is 0 Å². The zero-order valence-electron chi connectivity index (χ0n) is 17.9. The second kappa shape index (κ2) is 6.69. The Morgan fingerprint density at radius 1 is 0.909 bits per heavy atom. The molecule has 5 aromatic heterocycles. The molecular formula is C24H18N8S. The Bertz CT molecular complexity index is 1870. The maximum atomic E-state index is 4.93. The van der Waals surface area contributed by atoms with Crippen molar-refractivity contribution in [2.24, 2.45) is 0 Å². The van der Waals surface area contributed by atoms with E-state index >= 15 is 0 Å². The molecule has 0 radical (unpaired) electrons. The number of nitrogens with one attached hydrogen (secondary N) is 2. The van der Waals surface area contributed by atoms with Gasteiger partial charge in [0.05, 0.1) is 40.0 Å². The van der Waals surface area contributed by atoms with Crippen molar-refractivity contribution in [2.75, 3.05) is 0 Å². The van der Waals surface area contributed by atoms with Crippen LogP contribution < -0.4 is 0 Å². The van der Waals surface area contributed by atoms with Crippen molar-refractivity contribution in [1.29, 1.82) is 0 Å². The van der Waals surface area contributed by atoms with Crippen LogP contribution in [-0.2, 0) is 0 Å². The molecule has 0 spiro atoms. The van der Waals surface area contributed by atoms with Crippen molar-refractivity contribution >= 4 is 64.9 Å². The lowest BCUT2D eigenvalue weighted by molar-refractivity contribution is 0.640. The Morgan fingerprint density at radius 3 is 2.73 bits per heavy atom. The summed E-state index contributed by atoms with van der Waals surface area (Å²) >= 11 is 1.71. The molecular weight excluding hydrogens is 432 g/mol. The van der Waals surface area contributed by atoms with Crippen molar-refractivity contribution in [3.63, 3.8) is 0 Å². The Morgan fingerprint density at radius 2 is 1.82 bits per heavy atom.